The van der Waals surface area contributed by atoms with Gasteiger partial charge in [-0.3, -0.25) is 9.59 Å². The number of carbonyl (C=O) groups is 2. The van der Waals surface area contributed by atoms with E-state index in [0.29, 0.717) is 25.1 Å². The third-order valence-corrected chi connectivity index (χ3v) is 7.49. The van der Waals surface area contributed by atoms with Crippen LogP contribution in [-0.4, -0.2) is 45.7 Å². The lowest BCUT2D eigenvalue weighted by Crippen LogP contribution is -2.30. The Labute approximate surface area is 221 Å². The number of nitrogens with one attached hydrogen (secondary N) is 1. The highest BCUT2D eigenvalue weighted by molar-refractivity contribution is 9.10. The number of hydrogen-bond acceptors (Lipinski definition) is 4. The van der Waals surface area contributed by atoms with E-state index in [9.17, 15) is 14.0 Å². The molecule has 3 aliphatic rings. The molecule has 2 aliphatic heterocycles. The lowest BCUT2D eigenvalue weighted by molar-refractivity contribution is -0.128. The minimum Gasteiger partial charge on any atom is -0.349 e. The van der Waals surface area contributed by atoms with E-state index in [4.69, 9.17) is 9.84 Å². The van der Waals surface area contributed by atoms with Crippen LogP contribution in [0.3, 0.4) is 0 Å². The van der Waals surface area contributed by atoms with E-state index in [2.05, 4.69) is 33.4 Å². The van der Waals surface area contributed by atoms with Gasteiger partial charge in [0.1, 0.15) is 18.1 Å². The number of hydrogen-bond donors (Lipinski definition) is 1. The second kappa shape index (κ2) is 9.72. The number of aromatic nitrogens is 2. The predicted octanol–water partition coefficient (Wildman–Crippen LogP) is 4.83. The Kier molecular flexibility index (Phi) is 6.26. The highest BCUT2D eigenvalue weighted by Gasteiger charge is 2.36. The zero-order valence-electron chi connectivity index (χ0n) is 19.9. The van der Waals surface area contributed by atoms with Gasteiger partial charge in [0.25, 0.3) is 5.91 Å². The van der Waals surface area contributed by atoms with Crippen LogP contribution in [0, 0.1) is 5.82 Å². The first-order valence-electron chi connectivity index (χ1n) is 12.2. The summed E-state index contributed by atoms with van der Waals surface area (Å²) in [5.74, 6) is -0.362. The summed E-state index contributed by atoms with van der Waals surface area (Å²) < 4.78 is 22.4. The topological polar surface area (TPSA) is 76.5 Å². The number of rotatable bonds is 6. The summed E-state index contributed by atoms with van der Waals surface area (Å²) in [5, 5.41) is 7.79. The van der Waals surface area contributed by atoms with Crippen molar-refractivity contribution in [2.45, 2.75) is 31.5 Å². The standard InChI is InChI=1S/C28H24BrFN4O3/c29-20-4-8-22(9-5-20)34-15-23(27(32-34)18-2-6-21(30)7-3-18)28-33(26(36)16-37-28)12-11-17-1-10-24-19(13-17)14-25(35)31-24/h1-9,13,15,24,28H,10-12,14,16H2,(H,31,35). The van der Waals surface area contributed by atoms with Crippen molar-refractivity contribution >= 4 is 27.7 Å². The molecule has 0 spiro atoms. The monoisotopic (exact) mass is 562 g/mol. The quantitative estimate of drug-likeness (QED) is 0.466. The molecule has 0 bridgehead atoms. The van der Waals surface area contributed by atoms with Crippen molar-refractivity contribution in [3.05, 3.63) is 93.9 Å². The molecule has 2 fully saturated rings. The van der Waals surface area contributed by atoms with E-state index in [-0.39, 0.29) is 30.3 Å². The molecule has 1 N–H and O–H groups in total. The molecule has 1 aromatic heterocycles. The number of fused-ring (bicyclic) bond motifs is 1. The maximum absolute atomic E-state index is 13.7. The first kappa shape index (κ1) is 23.8. The molecule has 7 nitrogen and oxygen atoms in total. The SMILES string of the molecule is O=C1CC2=CC(CCN3C(=O)COC3c3cn(-c4ccc(Br)cc4)nc3-c3ccc(F)cc3)=CCC2N1. The Morgan fingerprint density at radius 3 is 2.68 bits per heavy atom. The van der Waals surface area contributed by atoms with Gasteiger partial charge in [-0.2, -0.15) is 5.10 Å². The molecule has 6 rings (SSSR count). The summed E-state index contributed by atoms with van der Waals surface area (Å²) >= 11 is 3.46. The van der Waals surface area contributed by atoms with E-state index in [1.165, 1.54) is 12.1 Å². The number of benzene rings is 2. The Hall–Kier alpha value is -3.56. The number of allylic oxidation sites excluding steroid dienone is 1. The number of carbonyl (C=O) groups excluding carboxylic acids is 2. The van der Waals surface area contributed by atoms with E-state index in [1.807, 2.05) is 30.5 Å². The van der Waals surface area contributed by atoms with Crippen molar-refractivity contribution < 1.29 is 18.7 Å². The molecule has 3 heterocycles. The molecule has 2 unspecified atom stereocenters. The summed E-state index contributed by atoms with van der Waals surface area (Å²) in [4.78, 5) is 26.4. The largest absolute Gasteiger partial charge is 0.349 e. The van der Waals surface area contributed by atoms with Crippen molar-refractivity contribution in [2.24, 2.45) is 0 Å². The fraction of sp³-hybridized carbons (Fsp3) is 0.250. The summed E-state index contributed by atoms with van der Waals surface area (Å²) in [6.45, 7) is 0.453. The Morgan fingerprint density at radius 1 is 1.11 bits per heavy atom. The summed E-state index contributed by atoms with van der Waals surface area (Å²) in [5.41, 5.74) is 5.18. The van der Waals surface area contributed by atoms with Gasteiger partial charge in [-0.25, -0.2) is 9.07 Å². The number of halogens is 2. The van der Waals surface area contributed by atoms with E-state index >= 15 is 0 Å². The van der Waals surface area contributed by atoms with Gasteiger partial charge in [-0.15, -0.1) is 0 Å². The van der Waals surface area contributed by atoms with E-state index in [1.54, 1.807) is 21.7 Å². The van der Waals surface area contributed by atoms with Crippen LogP contribution in [0.4, 0.5) is 4.39 Å². The first-order valence-corrected chi connectivity index (χ1v) is 13.0. The minimum atomic E-state index is -0.615. The van der Waals surface area contributed by atoms with Gasteiger partial charge in [-0.1, -0.05) is 33.7 Å². The van der Waals surface area contributed by atoms with Crippen LogP contribution in [-0.2, 0) is 14.3 Å². The molecule has 2 atom stereocenters. The normalized spacial score (nSPS) is 21.1. The van der Waals surface area contributed by atoms with Crippen LogP contribution in [0.25, 0.3) is 16.9 Å². The Morgan fingerprint density at radius 2 is 1.89 bits per heavy atom. The van der Waals surface area contributed by atoms with Gasteiger partial charge < -0.3 is 15.0 Å². The molecule has 2 saturated heterocycles. The molecule has 9 heteroatoms. The van der Waals surface area contributed by atoms with Crippen molar-refractivity contribution in [3.8, 4) is 16.9 Å². The Balaban J connectivity index is 1.30. The van der Waals surface area contributed by atoms with E-state index in [0.717, 1.165) is 38.9 Å². The molecule has 188 valence electrons. The fourth-order valence-electron chi connectivity index (χ4n) is 5.08. The van der Waals surface area contributed by atoms with Gasteiger partial charge >= 0.3 is 0 Å². The second-order valence-electron chi connectivity index (χ2n) is 9.39. The van der Waals surface area contributed by atoms with Crippen molar-refractivity contribution in [1.29, 1.82) is 0 Å². The van der Waals surface area contributed by atoms with Crippen LogP contribution >= 0.6 is 15.9 Å². The van der Waals surface area contributed by atoms with Crippen LogP contribution in [0.5, 0.6) is 0 Å². The third-order valence-electron chi connectivity index (χ3n) is 6.96. The van der Waals surface area contributed by atoms with Crippen LogP contribution in [0.1, 0.15) is 31.1 Å². The first-order chi connectivity index (χ1) is 17.9. The van der Waals surface area contributed by atoms with Gasteiger partial charge in [0.05, 0.1) is 11.7 Å². The van der Waals surface area contributed by atoms with Gasteiger partial charge in [0.15, 0.2) is 6.23 Å². The fourth-order valence-corrected chi connectivity index (χ4v) is 5.34. The Bertz CT molecular complexity index is 1430. The maximum atomic E-state index is 13.7. The van der Waals surface area contributed by atoms with Crippen LogP contribution in [0.2, 0.25) is 0 Å². The molecule has 0 radical (unpaired) electrons. The average Bonchev–Trinajstić information content (AvgIpc) is 3.59. The maximum Gasteiger partial charge on any atom is 0.250 e. The van der Waals surface area contributed by atoms with Crippen molar-refractivity contribution in [1.82, 2.24) is 20.0 Å². The van der Waals surface area contributed by atoms with Crippen molar-refractivity contribution in [3.63, 3.8) is 0 Å². The van der Waals surface area contributed by atoms with Gasteiger partial charge in [-0.05, 0) is 66.9 Å². The lowest BCUT2D eigenvalue weighted by atomic mass is 9.94. The zero-order chi connectivity index (χ0) is 25.5. The number of amides is 2. The van der Waals surface area contributed by atoms with Gasteiger partial charge in [0.2, 0.25) is 5.91 Å². The molecular formula is C28H24BrFN4O3. The minimum absolute atomic E-state index is 0.0162. The summed E-state index contributed by atoms with van der Waals surface area (Å²) in [6, 6.07) is 14.0. The average molecular weight is 563 g/mol. The predicted molar refractivity (Wildman–Crippen MR) is 139 cm³/mol. The van der Waals surface area contributed by atoms with Crippen LogP contribution < -0.4 is 5.32 Å². The third kappa shape index (κ3) is 4.76. The summed E-state index contributed by atoms with van der Waals surface area (Å²) in [7, 11) is 0. The molecule has 2 amide bonds. The zero-order valence-corrected chi connectivity index (χ0v) is 21.4. The molecule has 1 aliphatic carbocycles. The molecule has 2 aromatic carbocycles. The lowest BCUT2D eigenvalue weighted by Gasteiger charge is -2.24. The highest BCUT2D eigenvalue weighted by atomic mass is 79.9. The highest BCUT2D eigenvalue weighted by Crippen LogP contribution is 2.36. The number of nitrogens with zero attached hydrogens (tertiary/aromatic N) is 3. The summed E-state index contributed by atoms with van der Waals surface area (Å²) in [6.07, 6.45) is 7.34. The molecule has 37 heavy (non-hydrogen) atoms. The van der Waals surface area contributed by atoms with Crippen molar-refractivity contribution in [2.75, 3.05) is 13.2 Å². The molecule has 3 aromatic rings. The molecular weight excluding hydrogens is 539 g/mol. The second-order valence-corrected chi connectivity index (χ2v) is 10.3. The van der Waals surface area contributed by atoms with Crippen LogP contribution in [0.15, 0.2) is 82.5 Å². The smallest absolute Gasteiger partial charge is 0.250 e. The van der Waals surface area contributed by atoms with Gasteiger partial charge in [0, 0.05) is 34.8 Å². The van der Waals surface area contributed by atoms with E-state index < -0.39 is 6.23 Å². The number of ether oxygens (including phenoxy) is 1. The molecule has 0 saturated carbocycles.